The van der Waals surface area contributed by atoms with Crippen LogP contribution in [0.3, 0.4) is 0 Å². The number of carbonyl (C=O) groups excluding carboxylic acids is 1. The van der Waals surface area contributed by atoms with Gasteiger partial charge in [0.15, 0.2) is 0 Å². The summed E-state index contributed by atoms with van der Waals surface area (Å²) in [4.78, 5) is 11.9. The van der Waals surface area contributed by atoms with Crippen molar-refractivity contribution in [1.29, 1.82) is 0 Å². The molecule has 2 unspecified atom stereocenters. The van der Waals surface area contributed by atoms with Crippen LogP contribution in [0.4, 0.5) is 0 Å². The molecule has 0 saturated heterocycles. The van der Waals surface area contributed by atoms with Crippen molar-refractivity contribution in [3.05, 3.63) is 0 Å². The summed E-state index contributed by atoms with van der Waals surface area (Å²) in [5, 5.41) is 3.14. The zero-order valence-electron chi connectivity index (χ0n) is 11.2. The predicted octanol–water partition coefficient (Wildman–Crippen LogP) is 3.51. The van der Waals surface area contributed by atoms with Crippen molar-refractivity contribution >= 4 is 5.91 Å². The van der Waals surface area contributed by atoms with Crippen LogP contribution in [-0.2, 0) is 4.79 Å². The summed E-state index contributed by atoms with van der Waals surface area (Å²) in [6.45, 7) is 3.13. The van der Waals surface area contributed by atoms with Gasteiger partial charge in [0, 0.05) is 12.5 Å². The van der Waals surface area contributed by atoms with Crippen LogP contribution in [0, 0.1) is 17.8 Å². The van der Waals surface area contributed by atoms with Crippen molar-refractivity contribution in [2.24, 2.45) is 17.8 Å². The van der Waals surface area contributed by atoms with E-state index in [-0.39, 0.29) is 0 Å². The summed E-state index contributed by atoms with van der Waals surface area (Å²) in [6.07, 6.45) is 11.7. The first kappa shape index (κ1) is 12.9. The third kappa shape index (κ3) is 3.46. The Morgan fingerprint density at radius 2 is 1.71 bits per heavy atom. The monoisotopic (exact) mass is 237 g/mol. The second-order valence-electron chi connectivity index (χ2n) is 5.84. The van der Waals surface area contributed by atoms with Crippen molar-refractivity contribution in [2.75, 3.05) is 6.54 Å². The van der Waals surface area contributed by atoms with Gasteiger partial charge < -0.3 is 5.32 Å². The summed E-state index contributed by atoms with van der Waals surface area (Å²) in [5.41, 5.74) is 0. The van der Waals surface area contributed by atoms with Crippen LogP contribution in [0.15, 0.2) is 0 Å². The van der Waals surface area contributed by atoms with E-state index in [0.717, 1.165) is 24.8 Å². The molecule has 1 amide bonds. The summed E-state index contributed by atoms with van der Waals surface area (Å²) < 4.78 is 0. The first-order valence-corrected chi connectivity index (χ1v) is 7.62. The van der Waals surface area contributed by atoms with Crippen LogP contribution in [0.25, 0.3) is 0 Å². The standard InChI is InChI=1S/C15H27NO/c1-2-3-4-5-8-11-16-15(17)14-12-9-6-7-10-13(12)14/h12-14H,2-11H2,1H3,(H,16,17). The number of unbranched alkanes of at least 4 members (excludes halogenated alkanes) is 4. The Morgan fingerprint density at radius 3 is 2.35 bits per heavy atom. The molecule has 2 fully saturated rings. The van der Waals surface area contributed by atoms with Gasteiger partial charge in [-0.2, -0.15) is 0 Å². The Hall–Kier alpha value is -0.530. The van der Waals surface area contributed by atoms with Crippen molar-refractivity contribution < 1.29 is 4.79 Å². The number of fused-ring (bicyclic) bond motifs is 1. The van der Waals surface area contributed by atoms with Crippen LogP contribution in [0.5, 0.6) is 0 Å². The van der Waals surface area contributed by atoms with Gasteiger partial charge in [-0.1, -0.05) is 45.4 Å². The van der Waals surface area contributed by atoms with E-state index in [1.807, 2.05) is 0 Å². The van der Waals surface area contributed by atoms with Crippen molar-refractivity contribution in [3.63, 3.8) is 0 Å². The predicted molar refractivity (Wildman–Crippen MR) is 70.7 cm³/mol. The molecule has 0 aromatic rings. The van der Waals surface area contributed by atoms with Crippen molar-refractivity contribution in [1.82, 2.24) is 5.32 Å². The van der Waals surface area contributed by atoms with Gasteiger partial charge in [0.2, 0.25) is 5.91 Å². The Kier molecular flexibility index (Phi) is 4.87. The van der Waals surface area contributed by atoms with E-state index >= 15 is 0 Å². The van der Waals surface area contributed by atoms with E-state index < -0.39 is 0 Å². The smallest absolute Gasteiger partial charge is 0.223 e. The summed E-state index contributed by atoms with van der Waals surface area (Å²) in [5.74, 6) is 2.26. The number of amides is 1. The minimum absolute atomic E-state index is 0.359. The minimum Gasteiger partial charge on any atom is -0.356 e. The normalized spacial score (nSPS) is 30.8. The van der Waals surface area contributed by atoms with E-state index in [9.17, 15) is 4.79 Å². The Morgan fingerprint density at radius 1 is 1.06 bits per heavy atom. The molecule has 0 aromatic heterocycles. The molecule has 2 atom stereocenters. The van der Waals surface area contributed by atoms with Crippen LogP contribution in [0.1, 0.15) is 64.7 Å². The fraction of sp³-hybridized carbons (Fsp3) is 0.933. The molecule has 0 heterocycles. The molecule has 2 aliphatic carbocycles. The zero-order chi connectivity index (χ0) is 12.1. The molecule has 2 aliphatic rings. The molecular formula is C15H27NO. The second-order valence-corrected chi connectivity index (χ2v) is 5.84. The molecule has 2 rings (SSSR count). The summed E-state index contributed by atoms with van der Waals surface area (Å²) in [6, 6.07) is 0. The SMILES string of the molecule is CCCCCCCNC(=O)C1C2CCCCC21. The Bertz CT molecular complexity index is 239. The van der Waals surface area contributed by atoms with Crippen LogP contribution >= 0.6 is 0 Å². The lowest BCUT2D eigenvalue weighted by Crippen LogP contribution is -2.27. The zero-order valence-corrected chi connectivity index (χ0v) is 11.2. The van der Waals surface area contributed by atoms with E-state index in [2.05, 4.69) is 12.2 Å². The van der Waals surface area contributed by atoms with Gasteiger partial charge in [0.25, 0.3) is 0 Å². The van der Waals surface area contributed by atoms with Gasteiger partial charge in [0.1, 0.15) is 0 Å². The lowest BCUT2D eigenvalue weighted by atomic mass is 10.0. The molecule has 0 aromatic carbocycles. The number of hydrogen-bond donors (Lipinski definition) is 1. The lowest BCUT2D eigenvalue weighted by Gasteiger charge is -2.04. The maximum Gasteiger partial charge on any atom is 0.223 e. The molecular weight excluding hydrogens is 210 g/mol. The molecule has 2 nitrogen and oxygen atoms in total. The van der Waals surface area contributed by atoms with Gasteiger partial charge in [-0.3, -0.25) is 4.79 Å². The molecule has 17 heavy (non-hydrogen) atoms. The maximum absolute atomic E-state index is 11.9. The molecule has 0 radical (unpaired) electrons. The number of hydrogen-bond acceptors (Lipinski definition) is 1. The van der Waals surface area contributed by atoms with Crippen molar-refractivity contribution in [2.45, 2.75) is 64.7 Å². The molecule has 98 valence electrons. The number of nitrogens with one attached hydrogen (secondary N) is 1. The average Bonchev–Trinajstić information content (AvgIpc) is 3.07. The number of carbonyl (C=O) groups is 1. The van der Waals surface area contributed by atoms with Crippen LogP contribution in [0.2, 0.25) is 0 Å². The topological polar surface area (TPSA) is 29.1 Å². The van der Waals surface area contributed by atoms with Crippen LogP contribution < -0.4 is 5.32 Å². The maximum atomic E-state index is 11.9. The summed E-state index contributed by atoms with van der Waals surface area (Å²) in [7, 11) is 0. The largest absolute Gasteiger partial charge is 0.356 e. The first-order chi connectivity index (χ1) is 8.34. The minimum atomic E-state index is 0.359. The van der Waals surface area contributed by atoms with Gasteiger partial charge in [0.05, 0.1) is 0 Å². The highest BCUT2D eigenvalue weighted by molar-refractivity contribution is 5.82. The van der Waals surface area contributed by atoms with Crippen LogP contribution in [-0.4, -0.2) is 12.5 Å². The van der Waals surface area contributed by atoms with E-state index in [1.54, 1.807) is 0 Å². The average molecular weight is 237 g/mol. The number of rotatable bonds is 7. The third-order valence-corrected chi connectivity index (χ3v) is 4.54. The first-order valence-electron chi connectivity index (χ1n) is 7.62. The molecule has 0 aliphatic heterocycles. The van der Waals surface area contributed by atoms with Gasteiger partial charge in [-0.15, -0.1) is 0 Å². The Balaban J connectivity index is 1.53. The lowest BCUT2D eigenvalue weighted by molar-refractivity contribution is -0.122. The Labute approximate surface area is 106 Å². The van der Waals surface area contributed by atoms with Gasteiger partial charge in [-0.25, -0.2) is 0 Å². The summed E-state index contributed by atoms with van der Waals surface area (Å²) >= 11 is 0. The third-order valence-electron chi connectivity index (χ3n) is 4.54. The fourth-order valence-corrected chi connectivity index (χ4v) is 3.44. The van der Waals surface area contributed by atoms with Gasteiger partial charge in [-0.05, 0) is 31.1 Å². The van der Waals surface area contributed by atoms with E-state index in [0.29, 0.717) is 11.8 Å². The van der Waals surface area contributed by atoms with E-state index in [4.69, 9.17) is 0 Å². The highest BCUT2D eigenvalue weighted by Crippen LogP contribution is 2.55. The highest BCUT2D eigenvalue weighted by Gasteiger charge is 2.54. The molecule has 2 heteroatoms. The molecule has 0 spiro atoms. The quantitative estimate of drug-likeness (QED) is 0.675. The fourth-order valence-electron chi connectivity index (χ4n) is 3.44. The second kappa shape index (κ2) is 6.42. The molecule has 1 N–H and O–H groups in total. The van der Waals surface area contributed by atoms with Gasteiger partial charge >= 0.3 is 0 Å². The van der Waals surface area contributed by atoms with Crippen molar-refractivity contribution in [3.8, 4) is 0 Å². The molecule has 0 bridgehead atoms. The van der Waals surface area contributed by atoms with E-state index in [1.165, 1.54) is 51.4 Å². The molecule has 2 saturated carbocycles. The highest BCUT2D eigenvalue weighted by atomic mass is 16.2.